The third-order valence-electron chi connectivity index (χ3n) is 4.21. The van der Waals surface area contributed by atoms with Gasteiger partial charge in [0.25, 0.3) is 0 Å². The molecule has 0 spiro atoms. The quantitative estimate of drug-likeness (QED) is 0.890. The fraction of sp³-hybridized carbons (Fsp3) is 0.786. The highest BCUT2D eigenvalue weighted by Crippen LogP contribution is 2.28. The minimum Gasteiger partial charge on any atom is -0.336 e. The molecule has 0 radical (unpaired) electrons. The Hall–Kier alpha value is -0.870. The van der Waals surface area contributed by atoms with Crippen molar-refractivity contribution in [1.82, 2.24) is 14.5 Å². The second-order valence-corrected chi connectivity index (χ2v) is 5.33. The lowest BCUT2D eigenvalue weighted by Gasteiger charge is -2.36. The molecule has 0 aromatic carbocycles. The second-order valence-electron chi connectivity index (χ2n) is 5.33. The summed E-state index contributed by atoms with van der Waals surface area (Å²) >= 11 is 0. The largest absolute Gasteiger partial charge is 0.336 e. The van der Waals surface area contributed by atoms with Crippen molar-refractivity contribution in [3.63, 3.8) is 0 Å². The number of hydrogen-bond acceptors (Lipinski definition) is 3. The van der Waals surface area contributed by atoms with E-state index in [4.69, 9.17) is 5.73 Å². The Morgan fingerprint density at radius 3 is 2.89 bits per heavy atom. The second kappa shape index (κ2) is 6.34. The molecule has 0 amide bonds. The lowest BCUT2D eigenvalue weighted by atomic mass is 10.0. The first-order valence-corrected chi connectivity index (χ1v) is 7.20. The lowest BCUT2D eigenvalue weighted by Crippen LogP contribution is -2.41. The van der Waals surface area contributed by atoms with Crippen molar-refractivity contribution in [3.05, 3.63) is 18.2 Å². The van der Waals surface area contributed by atoms with Gasteiger partial charge in [-0.3, -0.25) is 4.90 Å². The molecule has 1 fully saturated rings. The van der Waals surface area contributed by atoms with Crippen LogP contribution in [-0.4, -0.2) is 33.6 Å². The van der Waals surface area contributed by atoms with Gasteiger partial charge in [-0.15, -0.1) is 0 Å². The van der Waals surface area contributed by atoms with Crippen LogP contribution in [0.25, 0.3) is 0 Å². The maximum absolute atomic E-state index is 6.05. The summed E-state index contributed by atoms with van der Waals surface area (Å²) < 4.78 is 2.11. The topological polar surface area (TPSA) is 47.1 Å². The van der Waals surface area contributed by atoms with Crippen molar-refractivity contribution < 1.29 is 0 Å². The summed E-state index contributed by atoms with van der Waals surface area (Å²) in [7, 11) is 2.06. The molecule has 4 heteroatoms. The van der Waals surface area contributed by atoms with Gasteiger partial charge in [0.05, 0.1) is 18.1 Å². The zero-order valence-electron chi connectivity index (χ0n) is 11.7. The molecular formula is C14H26N4. The van der Waals surface area contributed by atoms with Gasteiger partial charge in [0.15, 0.2) is 0 Å². The molecule has 18 heavy (non-hydrogen) atoms. The molecule has 2 heterocycles. The predicted octanol–water partition coefficient (Wildman–Crippen LogP) is 2.07. The molecule has 0 bridgehead atoms. The van der Waals surface area contributed by atoms with Crippen molar-refractivity contribution >= 4 is 0 Å². The van der Waals surface area contributed by atoms with E-state index in [2.05, 4.69) is 28.4 Å². The third-order valence-corrected chi connectivity index (χ3v) is 4.21. The van der Waals surface area contributed by atoms with E-state index in [-0.39, 0.29) is 0 Å². The van der Waals surface area contributed by atoms with E-state index in [1.807, 2.05) is 12.5 Å². The minimum absolute atomic E-state index is 0.320. The Morgan fingerprint density at radius 2 is 2.28 bits per heavy atom. The number of hydrogen-bond donors (Lipinski definition) is 1. The van der Waals surface area contributed by atoms with Gasteiger partial charge in [0.1, 0.15) is 0 Å². The van der Waals surface area contributed by atoms with Gasteiger partial charge in [-0.1, -0.05) is 19.8 Å². The predicted molar refractivity (Wildman–Crippen MR) is 74.3 cm³/mol. The van der Waals surface area contributed by atoms with Crippen molar-refractivity contribution in [1.29, 1.82) is 0 Å². The van der Waals surface area contributed by atoms with Crippen LogP contribution in [0.1, 0.15) is 50.8 Å². The molecule has 1 aromatic rings. The van der Waals surface area contributed by atoms with Gasteiger partial charge in [0.2, 0.25) is 0 Å². The third kappa shape index (κ3) is 2.75. The van der Waals surface area contributed by atoms with Crippen molar-refractivity contribution in [2.45, 2.75) is 51.1 Å². The Balaban J connectivity index is 2.21. The maximum atomic E-state index is 6.05. The fourth-order valence-corrected chi connectivity index (χ4v) is 3.16. The van der Waals surface area contributed by atoms with Crippen LogP contribution in [0.4, 0.5) is 0 Å². The Bertz CT molecular complexity index is 360. The molecule has 2 atom stereocenters. The molecule has 2 unspecified atom stereocenters. The first-order chi connectivity index (χ1) is 8.77. The van der Waals surface area contributed by atoms with Crippen LogP contribution in [0.2, 0.25) is 0 Å². The van der Waals surface area contributed by atoms with Gasteiger partial charge in [-0.05, 0) is 25.8 Å². The zero-order chi connectivity index (χ0) is 13.0. The van der Waals surface area contributed by atoms with E-state index < -0.39 is 0 Å². The Labute approximate surface area is 110 Å². The number of nitrogens with zero attached hydrogens (tertiary/aromatic N) is 3. The SMILES string of the molecule is CCC1CCCCCN1C(CN)c1cncn1C. The monoisotopic (exact) mass is 250 g/mol. The summed E-state index contributed by atoms with van der Waals surface area (Å²) in [4.78, 5) is 6.86. The summed E-state index contributed by atoms with van der Waals surface area (Å²) in [6.45, 7) is 4.14. The molecule has 1 aliphatic rings. The number of likely N-dealkylation sites (tertiary alicyclic amines) is 1. The van der Waals surface area contributed by atoms with Crippen LogP contribution in [-0.2, 0) is 7.05 Å². The molecule has 2 N–H and O–H groups in total. The van der Waals surface area contributed by atoms with Crippen LogP contribution in [0.5, 0.6) is 0 Å². The highest BCUT2D eigenvalue weighted by Gasteiger charge is 2.28. The molecular weight excluding hydrogens is 224 g/mol. The Kier molecular flexibility index (Phi) is 4.78. The van der Waals surface area contributed by atoms with Crippen LogP contribution < -0.4 is 5.73 Å². The van der Waals surface area contributed by atoms with Gasteiger partial charge in [-0.25, -0.2) is 4.98 Å². The lowest BCUT2D eigenvalue weighted by molar-refractivity contribution is 0.131. The standard InChI is InChI=1S/C14H26N4/c1-3-12-7-5-4-6-8-18(12)13(9-15)14-10-16-11-17(14)2/h10-13H,3-9,15H2,1-2H3. The van der Waals surface area contributed by atoms with E-state index in [1.165, 1.54) is 44.3 Å². The van der Waals surface area contributed by atoms with E-state index in [0.717, 1.165) is 0 Å². The van der Waals surface area contributed by atoms with Crippen molar-refractivity contribution in [2.75, 3.05) is 13.1 Å². The minimum atomic E-state index is 0.320. The Morgan fingerprint density at radius 1 is 1.44 bits per heavy atom. The van der Waals surface area contributed by atoms with E-state index in [1.54, 1.807) is 0 Å². The molecule has 1 aliphatic heterocycles. The molecule has 1 aromatic heterocycles. The molecule has 0 aliphatic carbocycles. The highest BCUT2D eigenvalue weighted by molar-refractivity contribution is 5.07. The van der Waals surface area contributed by atoms with Crippen molar-refractivity contribution in [3.8, 4) is 0 Å². The van der Waals surface area contributed by atoms with Gasteiger partial charge in [0, 0.05) is 25.8 Å². The fourth-order valence-electron chi connectivity index (χ4n) is 3.16. The zero-order valence-corrected chi connectivity index (χ0v) is 11.7. The van der Waals surface area contributed by atoms with Gasteiger partial charge < -0.3 is 10.3 Å². The van der Waals surface area contributed by atoms with Gasteiger partial charge in [-0.2, -0.15) is 0 Å². The summed E-state index contributed by atoms with van der Waals surface area (Å²) in [6.07, 6.45) is 10.4. The smallest absolute Gasteiger partial charge is 0.0946 e. The molecule has 0 saturated carbocycles. The number of aromatic nitrogens is 2. The van der Waals surface area contributed by atoms with E-state index in [0.29, 0.717) is 18.6 Å². The highest BCUT2D eigenvalue weighted by atomic mass is 15.2. The number of nitrogens with two attached hydrogens (primary N) is 1. The molecule has 102 valence electrons. The summed E-state index contributed by atoms with van der Waals surface area (Å²) in [6, 6.07) is 0.997. The summed E-state index contributed by atoms with van der Waals surface area (Å²) in [5, 5.41) is 0. The van der Waals surface area contributed by atoms with Crippen molar-refractivity contribution in [2.24, 2.45) is 12.8 Å². The maximum Gasteiger partial charge on any atom is 0.0946 e. The number of aryl methyl sites for hydroxylation is 1. The van der Waals surface area contributed by atoms with Crippen LogP contribution in [0, 0.1) is 0 Å². The van der Waals surface area contributed by atoms with Crippen LogP contribution >= 0.6 is 0 Å². The first-order valence-electron chi connectivity index (χ1n) is 7.20. The normalized spacial score (nSPS) is 23.8. The average molecular weight is 250 g/mol. The molecule has 2 rings (SSSR count). The molecule has 4 nitrogen and oxygen atoms in total. The average Bonchev–Trinajstić information content (AvgIpc) is 2.67. The number of imidazole rings is 1. The van der Waals surface area contributed by atoms with Crippen LogP contribution in [0.15, 0.2) is 12.5 Å². The first kappa shape index (κ1) is 13.6. The van der Waals surface area contributed by atoms with Crippen LogP contribution in [0.3, 0.4) is 0 Å². The number of rotatable bonds is 4. The summed E-state index contributed by atoms with van der Waals surface area (Å²) in [5.74, 6) is 0. The summed E-state index contributed by atoms with van der Waals surface area (Å²) in [5.41, 5.74) is 7.30. The van der Waals surface area contributed by atoms with E-state index in [9.17, 15) is 0 Å². The van der Waals surface area contributed by atoms with Gasteiger partial charge >= 0.3 is 0 Å². The molecule has 1 saturated heterocycles. The van der Waals surface area contributed by atoms with E-state index >= 15 is 0 Å².